The van der Waals surface area contributed by atoms with Crippen molar-refractivity contribution in [2.75, 3.05) is 25.2 Å². The molecule has 1 amide bonds. The zero-order valence-electron chi connectivity index (χ0n) is 13.9. The smallest absolute Gasteiger partial charge is 0.233 e. The van der Waals surface area contributed by atoms with E-state index in [0.717, 1.165) is 21.5 Å². The summed E-state index contributed by atoms with van der Waals surface area (Å²) in [6, 6.07) is 7.86. The summed E-state index contributed by atoms with van der Waals surface area (Å²) >= 11 is 1.50. The van der Waals surface area contributed by atoms with Gasteiger partial charge in [0.2, 0.25) is 5.91 Å². The zero-order valence-corrected chi connectivity index (χ0v) is 14.7. The van der Waals surface area contributed by atoms with E-state index in [1.54, 1.807) is 12.0 Å². The summed E-state index contributed by atoms with van der Waals surface area (Å²) in [5.41, 5.74) is 2.48. The molecule has 0 aliphatic carbocycles. The summed E-state index contributed by atoms with van der Waals surface area (Å²) < 4.78 is 11.4. The molecule has 126 valence electrons. The lowest BCUT2D eigenvalue weighted by Crippen LogP contribution is -2.35. The van der Waals surface area contributed by atoms with Crippen molar-refractivity contribution in [1.29, 1.82) is 0 Å². The second-order valence-corrected chi connectivity index (χ2v) is 6.49. The predicted octanol–water partition coefficient (Wildman–Crippen LogP) is 3.12. The van der Waals surface area contributed by atoms with Gasteiger partial charge in [0.15, 0.2) is 5.13 Å². The van der Waals surface area contributed by atoms with Crippen LogP contribution in [0.2, 0.25) is 0 Å². The van der Waals surface area contributed by atoms with Gasteiger partial charge in [0.25, 0.3) is 0 Å². The number of methoxy groups -OCH3 is 1. The second kappa shape index (κ2) is 7.11. The number of fused-ring (bicyclic) bond motifs is 1. The third-order valence-electron chi connectivity index (χ3n) is 3.84. The number of anilines is 1. The molecule has 0 aliphatic heterocycles. The number of para-hydroxylation sites is 1. The summed E-state index contributed by atoms with van der Waals surface area (Å²) in [6.45, 7) is 4.57. The zero-order chi connectivity index (χ0) is 17.1. The molecule has 3 rings (SSSR count). The number of carbonyl (C=O) groups excluding carboxylic acids is 1. The number of aryl methyl sites for hydroxylation is 2. The fourth-order valence-electron chi connectivity index (χ4n) is 2.49. The maximum absolute atomic E-state index is 12.9. The first kappa shape index (κ1) is 16.6. The van der Waals surface area contributed by atoms with Gasteiger partial charge < -0.3 is 9.26 Å². The van der Waals surface area contributed by atoms with Crippen molar-refractivity contribution in [3.05, 3.63) is 41.3 Å². The largest absolute Gasteiger partial charge is 0.383 e. The molecular weight excluding hydrogens is 326 g/mol. The van der Waals surface area contributed by atoms with Crippen LogP contribution in [-0.2, 0) is 16.0 Å². The molecule has 2 aromatic heterocycles. The first-order valence-corrected chi connectivity index (χ1v) is 8.48. The lowest BCUT2D eigenvalue weighted by molar-refractivity contribution is -0.118. The van der Waals surface area contributed by atoms with Crippen LogP contribution in [0.3, 0.4) is 0 Å². The van der Waals surface area contributed by atoms with E-state index >= 15 is 0 Å². The molecule has 0 spiro atoms. The highest BCUT2D eigenvalue weighted by atomic mass is 32.1. The molecule has 0 bridgehead atoms. The molecule has 6 nitrogen and oxygen atoms in total. The monoisotopic (exact) mass is 345 g/mol. The van der Waals surface area contributed by atoms with E-state index in [1.807, 2.05) is 38.1 Å². The van der Waals surface area contributed by atoms with E-state index in [9.17, 15) is 4.79 Å². The number of aromatic nitrogens is 2. The van der Waals surface area contributed by atoms with Gasteiger partial charge in [-0.2, -0.15) is 0 Å². The molecule has 0 atom stereocenters. The van der Waals surface area contributed by atoms with Crippen LogP contribution in [0.5, 0.6) is 0 Å². The highest BCUT2D eigenvalue weighted by molar-refractivity contribution is 7.22. The highest BCUT2D eigenvalue weighted by Gasteiger charge is 2.22. The Morgan fingerprint density at radius 2 is 2.12 bits per heavy atom. The first-order valence-electron chi connectivity index (χ1n) is 7.66. The summed E-state index contributed by atoms with van der Waals surface area (Å²) in [4.78, 5) is 19.1. The summed E-state index contributed by atoms with van der Waals surface area (Å²) in [5, 5.41) is 4.60. The van der Waals surface area contributed by atoms with Gasteiger partial charge in [-0.15, -0.1) is 0 Å². The summed E-state index contributed by atoms with van der Waals surface area (Å²) in [6.07, 6.45) is 0.237. The van der Waals surface area contributed by atoms with E-state index in [2.05, 4.69) is 10.1 Å². The lowest BCUT2D eigenvalue weighted by Gasteiger charge is -2.19. The molecule has 0 saturated carbocycles. The van der Waals surface area contributed by atoms with Crippen LogP contribution in [0.15, 0.2) is 28.8 Å². The predicted molar refractivity (Wildman–Crippen MR) is 93.5 cm³/mol. The average molecular weight is 345 g/mol. The molecule has 0 aliphatic rings. The maximum atomic E-state index is 12.9. The topological polar surface area (TPSA) is 68.5 Å². The maximum Gasteiger partial charge on any atom is 0.233 e. The Morgan fingerprint density at radius 1 is 1.33 bits per heavy atom. The van der Waals surface area contributed by atoms with Gasteiger partial charge in [-0.05, 0) is 26.0 Å². The normalized spacial score (nSPS) is 11.1. The molecule has 24 heavy (non-hydrogen) atoms. The minimum atomic E-state index is -0.0412. The van der Waals surface area contributed by atoms with Gasteiger partial charge in [0, 0.05) is 12.7 Å². The number of carbonyl (C=O) groups is 1. The third-order valence-corrected chi connectivity index (χ3v) is 4.90. The van der Waals surface area contributed by atoms with E-state index in [4.69, 9.17) is 9.26 Å². The highest BCUT2D eigenvalue weighted by Crippen LogP contribution is 2.29. The van der Waals surface area contributed by atoms with Crippen molar-refractivity contribution >= 4 is 32.6 Å². The van der Waals surface area contributed by atoms with Crippen molar-refractivity contribution in [3.8, 4) is 0 Å². The fraction of sp³-hybridized carbons (Fsp3) is 0.353. The minimum absolute atomic E-state index is 0.0412. The number of thiazole rings is 1. The van der Waals surface area contributed by atoms with Gasteiger partial charge in [-0.1, -0.05) is 28.6 Å². The van der Waals surface area contributed by atoms with Gasteiger partial charge in [0.05, 0.1) is 35.5 Å². The van der Waals surface area contributed by atoms with Gasteiger partial charge in [-0.3, -0.25) is 9.69 Å². The Kier molecular flexibility index (Phi) is 4.92. The Bertz CT molecular complexity index is 803. The van der Waals surface area contributed by atoms with E-state index in [0.29, 0.717) is 24.0 Å². The molecule has 0 radical (unpaired) electrons. The molecule has 3 aromatic rings. The number of benzene rings is 1. The molecule has 7 heteroatoms. The molecular formula is C17H19N3O3S. The SMILES string of the molecule is COCCN(C(=O)Cc1c(C)noc1C)c1nc2ccccc2s1. The van der Waals surface area contributed by atoms with Crippen molar-refractivity contribution in [2.45, 2.75) is 20.3 Å². The summed E-state index contributed by atoms with van der Waals surface area (Å²) in [7, 11) is 1.62. The number of hydrogen-bond acceptors (Lipinski definition) is 6. The van der Waals surface area contributed by atoms with E-state index in [-0.39, 0.29) is 12.3 Å². The van der Waals surface area contributed by atoms with Crippen LogP contribution < -0.4 is 4.90 Å². The minimum Gasteiger partial charge on any atom is -0.383 e. The molecule has 0 saturated heterocycles. The Labute approximate surface area is 144 Å². The van der Waals surface area contributed by atoms with Crippen molar-refractivity contribution < 1.29 is 14.1 Å². The van der Waals surface area contributed by atoms with Crippen LogP contribution in [-0.4, -0.2) is 36.3 Å². The van der Waals surface area contributed by atoms with Crippen LogP contribution >= 0.6 is 11.3 Å². The second-order valence-electron chi connectivity index (χ2n) is 5.48. The van der Waals surface area contributed by atoms with E-state index < -0.39 is 0 Å². The number of hydrogen-bond donors (Lipinski definition) is 0. The number of nitrogens with zero attached hydrogens (tertiary/aromatic N) is 3. The number of ether oxygens (including phenoxy) is 1. The van der Waals surface area contributed by atoms with Gasteiger partial charge in [0.1, 0.15) is 5.76 Å². The standard InChI is InChI=1S/C17H19N3O3S/c1-11-13(12(2)23-19-11)10-16(21)20(8-9-22-3)17-18-14-6-4-5-7-15(14)24-17/h4-7H,8-10H2,1-3H3. The Balaban J connectivity index is 1.89. The Hall–Kier alpha value is -2.25. The molecule has 1 aromatic carbocycles. The fourth-order valence-corrected chi connectivity index (χ4v) is 3.49. The van der Waals surface area contributed by atoms with Gasteiger partial charge in [-0.25, -0.2) is 4.98 Å². The van der Waals surface area contributed by atoms with Gasteiger partial charge >= 0.3 is 0 Å². The van der Waals surface area contributed by atoms with Crippen LogP contribution in [0, 0.1) is 13.8 Å². The van der Waals surface area contributed by atoms with Crippen LogP contribution in [0.25, 0.3) is 10.2 Å². The average Bonchev–Trinajstić information content (AvgIpc) is 3.13. The molecule has 0 fully saturated rings. The molecule has 2 heterocycles. The van der Waals surface area contributed by atoms with Crippen LogP contribution in [0.4, 0.5) is 5.13 Å². The number of rotatable bonds is 6. The Morgan fingerprint density at radius 3 is 2.79 bits per heavy atom. The number of amides is 1. The van der Waals surface area contributed by atoms with Crippen molar-refractivity contribution in [2.24, 2.45) is 0 Å². The molecule has 0 unspecified atom stereocenters. The lowest BCUT2D eigenvalue weighted by atomic mass is 10.1. The quantitative estimate of drug-likeness (QED) is 0.686. The third kappa shape index (κ3) is 3.32. The summed E-state index contributed by atoms with van der Waals surface area (Å²) in [5.74, 6) is 0.636. The molecule has 0 N–H and O–H groups in total. The van der Waals surface area contributed by atoms with Crippen molar-refractivity contribution in [1.82, 2.24) is 10.1 Å². The van der Waals surface area contributed by atoms with Crippen LogP contribution in [0.1, 0.15) is 17.0 Å². The first-order chi connectivity index (χ1) is 11.6. The van der Waals surface area contributed by atoms with E-state index in [1.165, 1.54) is 11.3 Å². The van der Waals surface area contributed by atoms with Crippen molar-refractivity contribution in [3.63, 3.8) is 0 Å².